The van der Waals surface area contributed by atoms with Gasteiger partial charge in [0.2, 0.25) is 0 Å². The number of hydrogen-bond donors (Lipinski definition) is 1. The van der Waals surface area contributed by atoms with Crippen LogP contribution < -0.4 is 5.32 Å². The van der Waals surface area contributed by atoms with Gasteiger partial charge in [0.25, 0.3) is 15.0 Å². The van der Waals surface area contributed by atoms with Crippen molar-refractivity contribution < 1.29 is 17.6 Å². The average Bonchev–Trinajstić information content (AvgIpc) is 3.06. The van der Waals surface area contributed by atoms with Gasteiger partial charge in [-0.2, -0.15) is 0 Å². The van der Waals surface area contributed by atoms with E-state index in [1.807, 2.05) is 6.92 Å². The summed E-state index contributed by atoms with van der Waals surface area (Å²) in [6, 6.07) is 1.74. The van der Waals surface area contributed by atoms with E-state index in [2.05, 4.69) is 21.2 Å². The number of nitrogens with one attached hydrogen (secondary N) is 1. The molecule has 1 amide bonds. The Bertz CT molecular complexity index is 674. The second-order valence-corrected chi connectivity index (χ2v) is 8.52. The summed E-state index contributed by atoms with van der Waals surface area (Å²) in [6.07, 6.45) is 2.05. The maximum absolute atomic E-state index is 13.5. The van der Waals surface area contributed by atoms with Crippen LogP contribution in [0.5, 0.6) is 0 Å². The van der Waals surface area contributed by atoms with Gasteiger partial charge in [0.05, 0.1) is 10.0 Å². The summed E-state index contributed by atoms with van der Waals surface area (Å²) in [6.45, 7) is 2.50. The zero-order valence-electron chi connectivity index (χ0n) is 10.5. The molecule has 0 saturated heterocycles. The molecule has 0 radical (unpaired) electrons. The van der Waals surface area contributed by atoms with E-state index in [4.69, 9.17) is 10.7 Å². The van der Waals surface area contributed by atoms with Gasteiger partial charge in [0, 0.05) is 17.2 Å². The molecule has 20 heavy (non-hydrogen) atoms. The minimum Gasteiger partial charge on any atom is -0.351 e. The molecule has 1 aliphatic carbocycles. The van der Waals surface area contributed by atoms with Crippen molar-refractivity contribution in [2.45, 2.75) is 24.7 Å². The maximum Gasteiger partial charge on any atom is 0.262 e. The lowest BCUT2D eigenvalue weighted by atomic mass is 10.1. The number of hydrogen-bond acceptors (Lipinski definition) is 3. The van der Waals surface area contributed by atoms with E-state index >= 15 is 0 Å². The molecule has 0 bridgehead atoms. The van der Waals surface area contributed by atoms with Gasteiger partial charge in [0.15, 0.2) is 0 Å². The van der Waals surface area contributed by atoms with Gasteiger partial charge in [-0.1, -0.05) is 6.92 Å². The third-order valence-corrected chi connectivity index (χ3v) is 5.75. The Kier molecular flexibility index (Phi) is 4.15. The van der Waals surface area contributed by atoms with Gasteiger partial charge >= 0.3 is 0 Å². The summed E-state index contributed by atoms with van der Waals surface area (Å²) >= 11 is 3.00. The van der Waals surface area contributed by atoms with Crippen LogP contribution in [0.1, 0.15) is 30.1 Å². The quantitative estimate of drug-likeness (QED) is 0.812. The number of carbonyl (C=O) groups excluding carboxylic acids is 1. The molecule has 4 nitrogen and oxygen atoms in total. The first-order valence-corrected chi connectivity index (χ1v) is 8.95. The van der Waals surface area contributed by atoms with Crippen molar-refractivity contribution in [3.8, 4) is 0 Å². The number of carbonyl (C=O) groups is 1. The van der Waals surface area contributed by atoms with E-state index in [1.165, 1.54) is 0 Å². The molecule has 1 aliphatic rings. The summed E-state index contributed by atoms with van der Waals surface area (Å²) in [5.74, 6) is -1.37. The van der Waals surface area contributed by atoms with Gasteiger partial charge in [-0.3, -0.25) is 4.79 Å². The molecule has 0 aliphatic heterocycles. The van der Waals surface area contributed by atoms with Gasteiger partial charge in [-0.05, 0) is 46.3 Å². The van der Waals surface area contributed by atoms with Gasteiger partial charge in [-0.25, -0.2) is 12.8 Å². The van der Waals surface area contributed by atoms with Crippen LogP contribution in [-0.2, 0) is 9.05 Å². The van der Waals surface area contributed by atoms with E-state index in [-0.39, 0.29) is 15.5 Å². The van der Waals surface area contributed by atoms with Crippen LogP contribution in [0, 0.1) is 11.2 Å². The lowest BCUT2D eigenvalue weighted by Crippen LogP contribution is -2.29. The Morgan fingerprint density at radius 2 is 2.10 bits per heavy atom. The third-order valence-electron chi connectivity index (χ3n) is 3.29. The molecule has 0 atom stereocenters. The molecule has 0 aromatic heterocycles. The number of amides is 1. The topological polar surface area (TPSA) is 63.2 Å². The van der Waals surface area contributed by atoms with Crippen molar-refractivity contribution in [3.63, 3.8) is 0 Å². The van der Waals surface area contributed by atoms with E-state index in [0.29, 0.717) is 6.54 Å². The Labute approximate surface area is 129 Å². The predicted molar refractivity (Wildman–Crippen MR) is 76.8 cm³/mol. The minimum absolute atomic E-state index is 0.0349. The van der Waals surface area contributed by atoms with Crippen LogP contribution in [0.4, 0.5) is 4.39 Å². The van der Waals surface area contributed by atoms with Crippen LogP contribution >= 0.6 is 26.6 Å². The molecule has 1 saturated carbocycles. The van der Waals surface area contributed by atoms with Crippen molar-refractivity contribution in [2.75, 3.05) is 6.54 Å². The molecule has 0 unspecified atom stereocenters. The van der Waals surface area contributed by atoms with E-state index < -0.39 is 25.7 Å². The zero-order chi connectivity index (χ0) is 15.1. The van der Waals surface area contributed by atoms with Crippen LogP contribution in [0.2, 0.25) is 0 Å². The van der Waals surface area contributed by atoms with Crippen LogP contribution in [0.25, 0.3) is 0 Å². The molecular weight excluding hydrogens is 373 g/mol. The highest BCUT2D eigenvalue weighted by atomic mass is 79.9. The van der Waals surface area contributed by atoms with Gasteiger partial charge in [-0.15, -0.1) is 0 Å². The SMILES string of the molecule is CC1(CNC(=O)c2cc(F)cc(S(=O)(=O)Cl)c2Br)CC1. The molecule has 1 fully saturated rings. The maximum atomic E-state index is 13.5. The lowest BCUT2D eigenvalue weighted by molar-refractivity contribution is 0.0944. The van der Waals surface area contributed by atoms with Crippen LogP contribution in [-0.4, -0.2) is 20.9 Å². The molecule has 2 rings (SSSR count). The minimum atomic E-state index is -4.14. The number of benzene rings is 1. The monoisotopic (exact) mass is 383 g/mol. The van der Waals surface area contributed by atoms with Crippen molar-refractivity contribution in [2.24, 2.45) is 5.41 Å². The Morgan fingerprint density at radius 1 is 1.50 bits per heavy atom. The van der Waals surface area contributed by atoms with E-state index in [0.717, 1.165) is 25.0 Å². The normalized spacial score (nSPS) is 16.8. The fraction of sp³-hybridized carbons (Fsp3) is 0.417. The smallest absolute Gasteiger partial charge is 0.262 e. The fourth-order valence-electron chi connectivity index (χ4n) is 1.69. The third kappa shape index (κ3) is 3.51. The molecule has 1 N–H and O–H groups in total. The second kappa shape index (κ2) is 5.27. The van der Waals surface area contributed by atoms with Crippen molar-refractivity contribution in [1.29, 1.82) is 0 Å². The Hall–Kier alpha value is -0.660. The second-order valence-electron chi connectivity index (χ2n) is 5.20. The van der Waals surface area contributed by atoms with E-state index in [9.17, 15) is 17.6 Å². The Morgan fingerprint density at radius 3 is 2.60 bits per heavy atom. The molecular formula is C12H12BrClFNO3S. The van der Waals surface area contributed by atoms with E-state index in [1.54, 1.807) is 0 Å². The summed E-state index contributed by atoms with van der Waals surface area (Å²) in [7, 11) is 1.08. The Balaban J connectivity index is 2.31. The number of rotatable bonds is 4. The summed E-state index contributed by atoms with van der Waals surface area (Å²) < 4.78 is 36.1. The molecule has 1 aromatic rings. The lowest BCUT2D eigenvalue weighted by Gasteiger charge is -2.12. The highest BCUT2D eigenvalue weighted by molar-refractivity contribution is 9.10. The summed E-state index contributed by atoms with van der Waals surface area (Å²) in [4.78, 5) is 11.6. The zero-order valence-corrected chi connectivity index (χ0v) is 13.7. The standard InChI is InChI=1S/C12H12BrClFNO3S/c1-12(2-3-12)6-16-11(17)8-4-7(15)5-9(10(8)13)20(14,18)19/h4-5H,2-3,6H2,1H3,(H,16,17). The molecule has 8 heteroatoms. The molecule has 1 aromatic carbocycles. The summed E-state index contributed by atoms with van der Waals surface area (Å²) in [5, 5.41) is 2.67. The molecule has 110 valence electrons. The van der Waals surface area contributed by atoms with Gasteiger partial charge in [0.1, 0.15) is 10.7 Å². The highest BCUT2D eigenvalue weighted by Crippen LogP contribution is 2.44. The average molecular weight is 385 g/mol. The largest absolute Gasteiger partial charge is 0.351 e. The van der Waals surface area contributed by atoms with Gasteiger partial charge < -0.3 is 5.32 Å². The fourth-order valence-corrected chi connectivity index (χ4v) is 3.96. The first-order chi connectivity index (χ1) is 9.12. The number of halogens is 3. The molecule has 0 spiro atoms. The first kappa shape index (κ1) is 15.7. The first-order valence-electron chi connectivity index (χ1n) is 5.84. The van der Waals surface area contributed by atoms with Crippen molar-refractivity contribution >= 4 is 41.6 Å². The van der Waals surface area contributed by atoms with Crippen molar-refractivity contribution in [1.82, 2.24) is 5.32 Å². The highest BCUT2D eigenvalue weighted by Gasteiger charge is 2.37. The van der Waals surface area contributed by atoms with Crippen molar-refractivity contribution in [3.05, 3.63) is 28.0 Å². The molecule has 0 heterocycles. The predicted octanol–water partition coefficient (Wildman–Crippen LogP) is 3.05. The van der Waals surface area contributed by atoms with Crippen LogP contribution in [0.15, 0.2) is 21.5 Å². The van der Waals surface area contributed by atoms with Crippen LogP contribution in [0.3, 0.4) is 0 Å². The summed E-state index contributed by atoms with van der Waals surface area (Å²) in [5.41, 5.74) is 0.00472.